The molecule has 0 spiro atoms. The SMILES string of the molecule is O=C(c1cc2ccc(O)cc2[nH]1)c1ncc(-c2c[nH]c3ccccc23)[nH]1. The van der Waals surface area contributed by atoms with Gasteiger partial charge in [-0.25, -0.2) is 4.98 Å². The van der Waals surface area contributed by atoms with E-state index in [0.29, 0.717) is 11.2 Å². The Morgan fingerprint density at radius 3 is 2.81 bits per heavy atom. The summed E-state index contributed by atoms with van der Waals surface area (Å²) in [4.78, 5) is 26.4. The molecule has 5 aromatic rings. The molecule has 3 heterocycles. The van der Waals surface area contributed by atoms with Crippen LogP contribution in [0, 0.1) is 0 Å². The van der Waals surface area contributed by atoms with Gasteiger partial charge in [0, 0.05) is 39.6 Å². The topological polar surface area (TPSA) is 97.6 Å². The van der Waals surface area contributed by atoms with Gasteiger partial charge in [-0.2, -0.15) is 0 Å². The number of carbonyl (C=O) groups excluding carboxylic acids is 1. The van der Waals surface area contributed by atoms with Crippen LogP contribution in [0.5, 0.6) is 5.75 Å². The van der Waals surface area contributed by atoms with Crippen LogP contribution in [-0.4, -0.2) is 30.8 Å². The summed E-state index contributed by atoms with van der Waals surface area (Å²) in [7, 11) is 0. The molecule has 5 rings (SSSR count). The zero-order valence-electron chi connectivity index (χ0n) is 13.6. The van der Waals surface area contributed by atoms with E-state index in [1.165, 1.54) is 0 Å². The molecule has 0 atom stereocenters. The number of phenols is 1. The summed E-state index contributed by atoms with van der Waals surface area (Å²) >= 11 is 0. The van der Waals surface area contributed by atoms with Gasteiger partial charge >= 0.3 is 0 Å². The number of aromatic amines is 3. The number of hydrogen-bond acceptors (Lipinski definition) is 3. The predicted octanol–water partition coefficient (Wildman–Crippen LogP) is 3.98. The fourth-order valence-corrected chi connectivity index (χ4v) is 3.23. The van der Waals surface area contributed by atoms with E-state index >= 15 is 0 Å². The van der Waals surface area contributed by atoms with Crippen molar-refractivity contribution in [3.8, 4) is 17.0 Å². The number of ketones is 1. The number of nitrogens with one attached hydrogen (secondary N) is 3. The second-order valence-corrected chi connectivity index (χ2v) is 6.18. The van der Waals surface area contributed by atoms with Crippen LogP contribution in [0.3, 0.4) is 0 Å². The minimum Gasteiger partial charge on any atom is -0.508 e. The van der Waals surface area contributed by atoms with Gasteiger partial charge in [-0.1, -0.05) is 18.2 Å². The number of aromatic nitrogens is 4. The number of imidazole rings is 1. The molecular formula is C20H14N4O2. The molecular weight excluding hydrogens is 328 g/mol. The van der Waals surface area contributed by atoms with Gasteiger partial charge in [-0.15, -0.1) is 0 Å². The van der Waals surface area contributed by atoms with E-state index in [9.17, 15) is 9.90 Å². The second-order valence-electron chi connectivity index (χ2n) is 6.18. The molecule has 6 nitrogen and oxygen atoms in total. The van der Waals surface area contributed by atoms with E-state index in [2.05, 4.69) is 19.9 Å². The van der Waals surface area contributed by atoms with Crippen LogP contribution < -0.4 is 0 Å². The minimum absolute atomic E-state index is 0.151. The van der Waals surface area contributed by atoms with Gasteiger partial charge in [0.15, 0.2) is 5.82 Å². The number of aromatic hydroxyl groups is 1. The van der Waals surface area contributed by atoms with E-state index in [1.54, 1.807) is 30.5 Å². The molecule has 0 aliphatic heterocycles. The molecule has 0 radical (unpaired) electrons. The first-order valence-electron chi connectivity index (χ1n) is 8.17. The van der Waals surface area contributed by atoms with Gasteiger partial charge in [-0.05, 0) is 24.3 Å². The van der Waals surface area contributed by atoms with Crippen LogP contribution >= 0.6 is 0 Å². The maximum Gasteiger partial charge on any atom is 0.244 e. The lowest BCUT2D eigenvalue weighted by Crippen LogP contribution is -2.03. The highest BCUT2D eigenvalue weighted by Crippen LogP contribution is 2.27. The number of para-hydroxylation sites is 1. The maximum atomic E-state index is 12.8. The quantitative estimate of drug-likeness (QED) is 0.373. The third-order valence-corrected chi connectivity index (χ3v) is 4.52. The summed E-state index contributed by atoms with van der Waals surface area (Å²) < 4.78 is 0. The lowest BCUT2D eigenvalue weighted by molar-refractivity contribution is 0.102. The van der Waals surface area contributed by atoms with Crippen molar-refractivity contribution >= 4 is 27.6 Å². The summed E-state index contributed by atoms with van der Waals surface area (Å²) in [6.45, 7) is 0. The average Bonchev–Trinajstić information content (AvgIpc) is 3.37. The van der Waals surface area contributed by atoms with Crippen molar-refractivity contribution in [2.75, 3.05) is 0 Å². The van der Waals surface area contributed by atoms with Crippen molar-refractivity contribution in [2.24, 2.45) is 0 Å². The van der Waals surface area contributed by atoms with Gasteiger partial charge in [0.05, 0.1) is 17.6 Å². The van der Waals surface area contributed by atoms with Crippen LogP contribution in [0.1, 0.15) is 16.3 Å². The van der Waals surface area contributed by atoms with Crippen molar-refractivity contribution in [3.63, 3.8) is 0 Å². The fourth-order valence-electron chi connectivity index (χ4n) is 3.23. The highest BCUT2D eigenvalue weighted by molar-refractivity contribution is 6.08. The Morgan fingerprint density at radius 2 is 1.88 bits per heavy atom. The fraction of sp³-hybridized carbons (Fsp3) is 0. The minimum atomic E-state index is -0.230. The first kappa shape index (κ1) is 14.5. The Labute approximate surface area is 147 Å². The molecule has 6 heteroatoms. The first-order valence-corrected chi connectivity index (χ1v) is 8.17. The summed E-state index contributed by atoms with van der Waals surface area (Å²) in [6, 6.07) is 14.7. The Morgan fingerprint density at radius 1 is 1.00 bits per heavy atom. The Hall–Kier alpha value is -3.80. The molecule has 3 aromatic heterocycles. The van der Waals surface area contributed by atoms with E-state index < -0.39 is 0 Å². The largest absolute Gasteiger partial charge is 0.508 e. The third-order valence-electron chi connectivity index (χ3n) is 4.52. The van der Waals surface area contributed by atoms with Gasteiger partial charge in [0.25, 0.3) is 0 Å². The number of hydrogen-bond donors (Lipinski definition) is 4. The summed E-state index contributed by atoms with van der Waals surface area (Å²) in [5.74, 6) is 0.186. The van der Waals surface area contributed by atoms with Crippen molar-refractivity contribution in [1.82, 2.24) is 19.9 Å². The molecule has 26 heavy (non-hydrogen) atoms. The highest BCUT2D eigenvalue weighted by Gasteiger charge is 2.17. The van der Waals surface area contributed by atoms with Crippen LogP contribution in [0.15, 0.2) is 60.9 Å². The number of nitrogens with zero attached hydrogens (tertiary/aromatic N) is 1. The molecule has 0 aliphatic carbocycles. The zero-order valence-corrected chi connectivity index (χ0v) is 13.6. The molecule has 0 saturated heterocycles. The molecule has 4 N–H and O–H groups in total. The Bertz CT molecular complexity index is 1280. The van der Waals surface area contributed by atoms with E-state index in [1.807, 2.05) is 30.5 Å². The molecule has 0 saturated carbocycles. The van der Waals surface area contributed by atoms with Crippen LogP contribution in [0.2, 0.25) is 0 Å². The van der Waals surface area contributed by atoms with Crippen molar-refractivity contribution in [3.05, 3.63) is 72.4 Å². The molecule has 0 aliphatic rings. The summed E-state index contributed by atoms with van der Waals surface area (Å²) in [5.41, 5.74) is 3.90. The summed E-state index contributed by atoms with van der Waals surface area (Å²) in [5, 5.41) is 11.5. The van der Waals surface area contributed by atoms with Crippen molar-refractivity contribution in [2.45, 2.75) is 0 Å². The van der Waals surface area contributed by atoms with E-state index in [4.69, 9.17) is 0 Å². The average molecular weight is 342 g/mol. The van der Waals surface area contributed by atoms with Gasteiger partial charge < -0.3 is 20.1 Å². The lowest BCUT2D eigenvalue weighted by Gasteiger charge is -1.95. The molecule has 0 fully saturated rings. The maximum absolute atomic E-state index is 12.8. The number of phenolic OH excluding ortho intramolecular Hbond substituents is 1. The van der Waals surface area contributed by atoms with Crippen molar-refractivity contribution < 1.29 is 9.90 Å². The zero-order chi connectivity index (χ0) is 17.7. The molecule has 0 amide bonds. The number of fused-ring (bicyclic) bond motifs is 2. The lowest BCUT2D eigenvalue weighted by atomic mass is 10.1. The third kappa shape index (κ3) is 2.20. The smallest absolute Gasteiger partial charge is 0.244 e. The monoisotopic (exact) mass is 342 g/mol. The second kappa shape index (κ2) is 5.35. The normalized spacial score (nSPS) is 11.4. The van der Waals surface area contributed by atoms with Crippen LogP contribution in [0.25, 0.3) is 33.1 Å². The number of H-pyrrole nitrogens is 3. The first-order chi connectivity index (χ1) is 12.7. The standard InChI is InChI=1S/C20H14N4O2/c25-12-6-5-11-7-17(23-16(11)8-12)19(26)20-22-10-18(24-20)14-9-21-15-4-2-1-3-13(14)15/h1-10,21,23,25H,(H,22,24). The van der Waals surface area contributed by atoms with Crippen LogP contribution in [-0.2, 0) is 0 Å². The number of rotatable bonds is 3. The number of carbonyl (C=O) groups is 1. The Kier molecular flexibility index (Phi) is 2.99. The number of benzene rings is 2. The molecule has 2 aromatic carbocycles. The molecule has 0 unspecified atom stereocenters. The summed E-state index contributed by atoms with van der Waals surface area (Å²) in [6.07, 6.45) is 3.56. The van der Waals surface area contributed by atoms with Gasteiger partial charge in [0.1, 0.15) is 5.75 Å². The van der Waals surface area contributed by atoms with Crippen LogP contribution in [0.4, 0.5) is 0 Å². The highest BCUT2D eigenvalue weighted by atomic mass is 16.3. The predicted molar refractivity (Wildman–Crippen MR) is 99.3 cm³/mol. The van der Waals surface area contributed by atoms with Gasteiger partial charge in [0.2, 0.25) is 5.78 Å². The van der Waals surface area contributed by atoms with Crippen molar-refractivity contribution in [1.29, 1.82) is 0 Å². The molecule has 126 valence electrons. The van der Waals surface area contributed by atoms with E-state index in [0.717, 1.165) is 27.5 Å². The van der Waals surface area contributed by atoms with Gasteiger partial charge in [-0.3, -0.25) is 4.79 Å². The molecule has 0 bridgehead atoms. The van der Waals surface area contributed by atoms with E-state index in [-0.39, 0.29) is 17.4 Å². The Balaban J connectivity index is 1.53.